The first-order valence-electron chi connectivity index (χ1n) is 11.9. The number of anilines is 1. The summed E-state index contributed by atoms with van der Waals surface area (Å²) in [6, 6.07) is 25.9. The minimum atomic E-state index is -0.0651. The van der Waals surface area contributed by atoms with Crippen LogP contribution in [0.3, 0.4) is 0 Å². The van der Waals surface area contributed by atoms with Crippen LogP contribution in [-0.4, -0.2) is 60.0 Å². The Morgan fingerprint density at radius 1 is 0.853 bits per heavy atom. The summed E-state index contributed by atoms with van der Waals surface area (Å²) >= 11 is 0. The zero-order valence-corrected chi connectivity index (χ0v) is 19.2. The Bertz CT molecular complexity index is 1240. The van der Waals surface area contributed by atoms with Crippen LogP contribution in [0, 0.1) is 0 Å². The fraction of sp³-hybridized carbons (Fsp3) is 0.250. The Morgan fingerprint density at radius 2 is 1.62 bits per heavy atom. The molecule has 6 heteroatoms. The van der Waals surface area contributed by atoms with Gasteiger partial charge in [-0.15, -0.1) is 0 Å². The maximum absolute atomic E-state index is 13.1. The van der Waals surface area contributed by atoms with E-state index in [1.165, 1.54) is 5.69 Å². The number of fused-ring (bicyclic) bond motifs is 1. The number of hydrogen-bond acceptors (Lipinski definition) is 5. The third kappa shape index (κ3) is 5.07. The van der Waals surface area contributed by atoms with Gasteiger partial charge >= 0.3 is 0 Å². The van der Waals surface area contributed by atoms with Gasteiger partial charge in [-0.3, -0.25) is 14.7 Å². The van der Waals surface area contributed by atoms with Gasteiger partial charge in [-0.25, -0.2) is 4.98 Å². The largest absolute Gasteiger partial charge is 0.369 e. The van der Waals surface area contributed by atoms with Crippen LogP contribution in [0.4, 0.5) is 5.69 Å². The molecular formula is C28H29N5O. The molecule has 0 unspecified atom stereocenters. The van der Waals surface area contributed by atoms with Crippen LogP contribution in [0.25, 0.3) is 22.3 Å². The molecule has 1 fully saturated rings. The normalized spacial score (nSPS) is 14.3. The first-order chi connectivity index (χ1) is 16.8. The van der Waals surface area contributed by atoms with Crippen molar-refractivity contribution in [2.24, 2.45) is 0 Å². The van der Waals surface area contributed by atoms with E-state index in [-0.39, 0.29) is 5.91 Å². The van der Waals surface area contributed by atoms with Crippen molar-refractivity contribution in [2.45, 2.75) is 6.42 Å². The van der Waals surface area contributed by atoms with Gasteiger partial charge in [0.25, 0.3) is 5.91 Å². The van der Waals surface area contributed by atoms with Crippen molar-refractivity contribution in [1.29, 1.82) is 0 Å². The number of carbonyl (C=O) groups is 1. The molecule has 0 saturated carbocycles. The molecule has 172 valence electrons. The fourth-order valence-corrected chi connectivity index (χ4v) is 4.48. The summed E-state index contributed by atoms with van der Waals surface area (Å²) in [7, 11) is 0. The van der Waals surface area contributed by atoms with E-state index in [2.05, 4.69) is 50.4 Å². The third-order valence-corrected chi connectivity index (χ3v) is 6.32. The van der Waals surface area contributed by atoms with Gasteiger partial charge in [0.1, 0.15) is 0 Å². The van der Waals surface area contributed by atoms with Gasteiger partial charge in [0, 0.05) is 50.0 Å². The number of hydrogen-bond donors (Lipinski definition) is 1. The lowest BCUT2D eigenvalue weighted by molar-refractivity contribution is 0.0953. The summed E-state index contributed by atoms with van der Waals surface area (Å²) in [5, 5.41) is 3.98. The Kier molecular flexibility index (Phi) is 6.77. The number of amides is 1. The van der Waals surface area contributed by atoms with Crippen molar-refractivity contribution in [3.8, 4) is 11.4 Å². The number of para-hydroxylation sites is 2. The summed E-state index contributed by atoms with van der Waals surface area (Å²) < 4.78 is 0. The predicted octanol–water partition coefficient (Wildman–Crippen LogP) is 4.24. The predicted molar refractivity (Wildman–Crippen MR) is 137 cm³/mol. The highest BCUT2D eigenvalue weighted by Crippen LogP contribution is 2.23. The Balaban J connectivity index is 1.17. The van der Waals surface area contributed by atoms with Crippen LogP contribution >= 0.6 is 0 Å². The van der Waals surface area contributed by atoms with Gasteiger partial charge in [-0.1, -0.05) is 42.5 Å². The van der Waals surface area contributed by atoms with Crippen molar-refractivity contribution >= 4 is 22.5 Å². The number of carbonyl (C=O) groups excluding carboxylic acids is 1. The molecule has 2 aromatic heterocycles. The highest BCUT2D eigenvalue weighted by atomic mass is 16.1. The average Bonchev–Trinajstić information content (AvgIpc) is 2.91. The molecule has 3 heterocycles. The first kappa shape index (κ1) is 22.0. The first-order valence-corrected chi connectivity index (χ1v) is 11.9. The summed E-state index contributed by atoms with van der Waals surface area (Å²) in [6.07, 6.45) is 2.67. The zero-order chi connectivity index (χ0) is 23.2. The van der Waals surface area contributed by atoms with Crippen LogP contribution in [0.5, 0.6) is 0 Å². The number of nitrogens with zero attached hydrogens (tertiary/aromatic N) is 4. The summed E-state index contributed by atoms with van der Waals surface area (Å²) in [4.78, 5) is 27.2. The van der Waals surface area contributed by atoms with E-state index in [0.717, 1.165) is 55.7 Å². The van der Waals surface area contributed by atoms with E-state index in [1.54, 1.807) is 6.20 Å². The molecule has 1 aliphatic rings. The molecule has 2 aromatic carbocycles. The molecule has 0 radical (unpaired) electrons. The zero-order valence-electron chi connectivity index (χ0n) is 19.2. The highest BCUT2D eigenvalue weighted by Gasteiger charge is 2.17. The average molecular weight is 452 g/mol. The summed E-state index contributed by atoms with van der Waals surface area (Å²) in [5.74, 6) is -0.0651. The van der Waals surface area contributed by atoms with Gasteiger partial charge in [0.05, 0.1) is 22.5 Å². The van der Waals surface area contributed by atoms with Crippen LogP contribution in [-0.2, 0) is 0 Å². The van der Waals surface area contributed by atoms with Gasteiger partial charge in [-0.2, -0.15) is 0 Å². The third-order valence-electron chi connectivity index (χ3n) is 6.32. The van der Waals surface area contributed by atoms with E-state index in [0.29, 0.717) is 17.8 Å². The lowest BCUT2D eigenvalue weighted by Crippen LogP contribution is -2.47. The van der Waals surface area contributed by atoms with Crippen molar-refractivity contribution in [1.82, 2.24) is 20.2 Å². The maximum atomic E-state index is 13.1. The second-order valence-electron chi connectivity index (χ2n) is 8.56. The molecule has 6 nitrogen and oxygen atoms in total. The quantitative estimate of drug-likeness (QED) is 0.426. The molecule has 1 N–H and O–H groups in total. The molecule has 1 amide bonds. The van der Waals surface area contributed by atoms with E-state index in [1.807, 2.05) is 48.5 Å². The van der Waals surface area contributed by atoms with Gasteiger partial charge in [0.15, 0.2) is 0 Å². The number of pyridine rings is 2. The second-order valence-corrected chi connectivity index (χ2v) is 8.56. The lowest BCUT2D eigenvalue weighted by Gasteiger charge is -2.36. The van der Waals surface area contributed by atoms with Crippen LogP contribution in [0.15, 0.2) is 85.1 Å². The molecule has 1 saturated heterocycles. The molecule has 5 rings (SSSR count). The van der Waals surface area contributed by atoms with Gasteiger partial charge in [-0.05, 0) is 49.4 Å². The molecule has 1 aliphatic heterocycles. The number of piperazine rings is 1. The topological polar surface area (TPSA) is 61.4 Å². The highest BCUT2D eigenvalue weighted by molar-refractivity contribution is 6.07. The van der Waals surface area contributed by atoms with Crippen LogP contribution < -0.4 is 10.2 Å². The number of aromatic nitrogens is 2. The minimum Gasteiger partial charge on any atom is -0.369 e. The second kappa shape index (κ2) is 10.4. The van der Waals surface area contributed by atoms with Crippen molar-refractivity contribution in [3.05, 3.63) is 90.6 Å². The molecule has 0 aliphatic carbocycles. The van der Waals surface area contributed by atoms with Crippen molar-refractivity contribution < 1.29 is 4.79 Å². The number of nitrogens with one attached hydrogen (secondary N) is 1. The van der Waals surface area contributed by atoms with E-state index in [4.69, 9.17) is 4.98 Å². The molecule has 34 heavy (non-hydrogen) atoms. The summed E-state index contributed by atoms with van der Waals surface area (Å²) in [5.41, 5.74) is 4.21. The minimum absolute atomic E-state index is 0.0651. The molecule has 4 aromatic rings. The smallest absolute Gasteiger partial charge is 0.252 e. The Hall–Kier alpha value is -3.77. The SMILES string of the molecule is O=C(NCCCN1CCN(c2ccccc2)CC1)c1cc(-c2ccccn2)nc2ccccc12. The van der Waals surface area contributed by atoms with E-state index >= 15 is 0 Å². The standard InChI is InChI=1S/C28H29N5O/c34-28(30-15-8-16-32-17-19-33(20-18-32)22-9-2-1-3-10-22)24-21-27(26-13-6-7-14-29-26)31-25-12-5-4-11-23(24)25/h1-7,9-14,21H,8,15-20H2,(H,30,34). The van der Waals surface area contributed by atoms with E-state index < -0.39 is 0 Å². The van der Waals surface area contributed by atoms with Crippen LogP contribution in [0.1, 0.15) is 16.8 Å². The summed E-state index contributed by atoms with van der Waals surface area (Å²) in [6.45, 7) is 5.80. The Labute approximate surface area is 200 Å². The Morgan fingerprint density at radius 3 is 2.41 bits per heavy atom. The molecule has 0 spiro atoms. The fourth-order valence-electron chi connectivity index (χ4n) is 4.48. The number of rotatable bonds is 7. The monoisotopic (exact) mass is 451 g/mol. The lowest BCUT2D eigenvalue weighted by atomic mass is 10.1. The molecular weight excluding hydrogens is 422 g/mol. The van der Waals surface area contributed by atoms with Crippen molar-refractivity contribution in [3.63, 3.8) is 0 Å². The van der Waals surface area contributed by atoms with Crippen molar-refractivity contribution in [2.75, 3.05) is 44.2 Å². The molecule has 0 atom stereocenters. The maximum Gasteiger partial charge on any atom is 0.252 e. The van der Waals surface area contributed by atoms with Crippen LogP contribution in [0.2, 0.25) is 0 Å². The van der Waals surface area contributed by atoms with E-state index in [9.17, 15) is 4.79 Å². The molecule has 0 bridgehead atoms. The van der Waals surface area contributed by atoms with Gasteiger partial charge < -0.3 is 10.2 Å². The number of benzene rings is 2. The van der Waals surface area contributed by atoms with Gasteiger partial charge in [0.2, 0.25) is 0 Å².